The number of aliphatic hydroxyl groups is 1. The third-order valence-electron chi connectivity index (χ3n) is 17.1. The summed E-state index contributed by atoms with van der Waals surface area (Å²) >= 11 is 11.0. The zero-order valence-electron chi connectivity index (χ0n) is 46.4. The van der Waals surface area contributed by atoms with E-state index in [4.69, 9.17) is 0 Å². The fraction of sp³-hybridized carbons (Fsp3) is 0.0909. The quantitative estimate of drug-likeness (QED) is 0.154. The average Bonchev–Trinajstić information content (AvgIpc) is 2.12. The van der Waals surface area contributed by atoms with E-state index in [0.717, 1.165) is 59.4 Å². The molecule has 0 bridgehead atoms. The molecule has 0 aromatic heterocycles. The summed E-state index contributed by atoms with van der Waals surface area (Å²) in [7, 11) is 0. The summed E-state index contributed by atoms with van der Waals surface area (Å²) in [6.07, 6.45) is 3.62. The van der Waals surface area contributed by atoms with Gasteiger partial charge in [0.15, 0.2) is 0 Å². The van der Waals surface area contributed by atoms with Crippen LogP contribution in [0, 0.1) is 27.7 Å². The Morgan fingerprint density at radius 3 is 1.08 bits per heavy atom. The summed E-state index contributed by atoms with van der Waals surface area (Å²) in [6, 6.07) is 82.3. The van der Waals surface area contributed by atoms with Crippen molar-refractivity contribution in [3.63, 3.8) is 0 Å². The van der Waals surface area contributed by atoms with Crippen LogP contribution in [0.15, 0.2) is 257 Å². The van der Waals surface area contributed by atoms with Crippen molar-refractivity contribution in [2.24, 2.45) is 0 Å². The molecule has 0 saturated carbocycles. The Hall–Kier alpha value is -8.10. The first-order valence-electron chi connectivity index (χ1n) is 27.7. The Bertz CT molecular complexity index is 4170. The molecule has 6 heteroatoms. The number of rotatable bonds is 8. The number of fused-ring (bicyclic) bond motifs is 9. The first-order valence-corrected chi connectivity index (χ1v) is 30.1. The largest absolute Gasteiger partial charge is 0.376 e. The minimum Gasteiger partial charge on any atom is -0.376 e. The van der Waals surface area contributed by atoms with E-state index in [0.29, 0.717) is 11.1 Å². The van der Waals surface area contributed by atoms with Crippen LogP contribution >= 0.6 is 47.8 Å². The third kappa shape index (κ3) is 9.19. The van der Waals surface area contributed by atoms with Crippen molar-refractivity contribution >= 4 is 66.4 Å². The first-order chi connectivity index (χ1) is 40.2. The molecule has 0 saturated heterocycles. The lowest BCUT2D eigenvalue weighted by Gasteiger charge is -2.35. The van der Waals surface area contributed by atoms with Crippen molar-refractivity contribution in [3.05, 3.63) is 357 Å². The van der Waals surface area contributed by atoms with Gasteiger partial charge in [-0.15, -0.1) is 0 Å². The van der Waals surface area contributed by atoms with Gasteiger partial charge in [-0.2, -0.15) is 0 Å². The lowest BCUT2D eigenvalue weighted by Crippen LogP contribution is -2.29. The Balaban J connectivity index is 0.000000124. The van der Waals surface area contributed by atoms with Gasteiger partial charge in [-0.1, -0.05) is 272 Å². The van der Waals surface area contributed by atoms with E-state index in [-0.39, 0.29) is 5.41 Å². The maximum Gasteiger partial charge on any atom is 0.150 e. The minimum absolute atomic E-state index is 0.356. The molecule has 0 radical (unpaired) electrons. The van der Waals surface area contributed by atoms with Gasteiger partial charge in [0.1, 0.15) is 18.2 Å². The van der Waals surface area contributed by atoms with E-state index < -0.39 is 11.0 Å². The maximum atomic E-state index is 11.6. The SMILES string of the molecule is C=Cc1ccc(C2(c3cc(C)ccc3C)c3ccccc3-c3ccc(Br)cc32)cc1.Cc1ccc(C)c(C2(c3ccc(C=O)cc3)c3ccccc3-c3ccc(Br)cc32)c1.O=Cc1ccc(C2(O)c3ccccc3-c3ccc(Br)cc32)cc1. The van der Waals surface area contributed by atoms with Gasteiger partial charge in [-0.25, -0.2) is 0 Å². The second-order valence-corrected chi connectivity index (χ2v) is 24.6. The first kappa shape index (κ1) is 55.4. The standard InChI is InChI=1S/C29H23Br.C28H21BrO.C20H13BrO2/c1-4-21-11-13-22(14-12-21)29(27-17-19(2)9-10-20(27)3)26-8-6-5-7-24(26)25-16-15-23(30)18-28(25)29;1-18-7-8-19(2)26(15-18)28(21-11-9-20(17-30)10-12-21)25-6-4-3-5-23(25)24-14-13-22(29)16-27(24)28;21-15-9-10-17-16-3-1-2-4-18(16)20(23,19(17)11-15)14-7-5-13(12-22)6-8-14/h4-18H,1H2,2-3H3;3-17H,1-2H3;1-12,23H. The Kier molecular flexibility index (Phi) is 14.9. The normalized spacial score (nSPS) is 17.2. The summed E-state index contributed by atoms with van der Waals surface area (Å²) in [6.45, 7) is 12.7. The van der Waals surface area contributed by atoms with Gasteiger partial charge in [0.25, 0.3) is 0 Å². The van der Waals surface area contributed by atoms with E-state index >= 15 is 0 Å². The molecule has 3 aliphatic rings. The van der Waals surface area contributed by atoms with E-state index in [1.54, 1.807) is 12.1 Å². The maximum absolute atomic E-state index is 11.6. The van der Waals surface area contributed by atoms with Crippen molar-refractivity contribution in [2.75, 3.05) is 0 Å². The predicted octanol–water partition coefficient (Wildman–Crippen LogP) is 19.8. The van der Waals surface area contributed by atoms with Crippen molar-refractivity contribution in [1.82, 2.24) is 0 Å². The van der Waals surface area contributed by atoms with Crippen LogP contribution in [0.3, 0.4) is 0 Å². The summed E-state index contributed by atoms with van der Waals surface area (Å²) in [5, 5.41) is 11.6. The topological polar surface area (TPSA) is 54.4 Å². The van der Waals surface area contributed by atoms with Gasteiger partial charge in [0.05, 0.1) is 10.8 Å². The molecule has 0 spiro atoms. The highest BCUT2D eigenvalue weighted by molar-refractivity contribution is 9.11. The molecular formula is C77H57Br3O3. The van der Waals surface area contributed by atoms with E-state index in [1.807, 2.05) is 72.8 Å². The molecule has 11 aromatic rings. The molecule has 14 rings (SSSR count). The van der Waals surface area contributed by atoms with Gasteiger partial charge >= 0.3 is 0 Å². The van der Waals surface area contributed by atoms with Crippen LogP contribution in [0.5, 0.6) is 0 Å². The minimum atomic E-state index is -1.21. The number of hydrogen-bond donors (Lipinski definition) is 1. The summed E-state index contributed by atoms with van der Waals surface area (Å²) < 4.78 is 3.09. The predicted molar refractivity (Wildman–Crippen MR) is 351 cm³/mol. The fourth-order valence-electron chi connectivity index (χ4n) is 13.3. The molecule has 3 aliphatic carbocycles. The molecule has 3 unspecified atom stereocenters. The van der Waals surface area contributed by atoms with Crippen LogP contribution in [-0.4, -0.2) is 17.7 Å². The molecular weight excluding hydrogens is 1210 g/mol. The van der Waals surface area contributed by atoms with Crippen molar-refractivity contribution < 1.29 is 14.7 Å². The van der Waals surface area contributed by atoms with Crippen LogP contribution in [0.2, 0.25) is 0 Å². The van der Waals surface area contributed by atoms with Crippen LogP contribution in [0.1, 0.15) is 110 Å². The number of carbonyl (C=O) groups is 2. The number of aryl methyl sites for hydroxylation is 4. The van der Waals surface area contributed by atoms with E-state index in [1.165, 1.54) is 89.0 Å². The highest BCUT2D eigenvalue weighted by Gasteiger charge is 2.49. The summed E-state index contributed by atoms with van der Waals surface area (Å²) in [5.74, 6) is 0. The fourth-order valence-corrected chi connectivity index (χ4v) is 14.4. The zero-order chi connectivity index (χ0) is 57.8. The molecule has 11 aromatic carbocycles. The Morgan fingerprint density at radius 1 is 0.337 bits per heavy atom. The number of hydrogen-bond acceptors (Lipinski definition) is 3. The van der Waals surface area contributed by atoms with Crippen molar-refractivity contribution in [2.45, 2.75) is 44.1 Å². The molecule has 404 valence electrons. The number of aldehydes is 2. The lowest BCUT2D eigenvalue weighted by molar-refractivity contribution is 0.111. The van der Waals surface area contributed by atoms with Gasteiger partial charge in [-0.05, 0) is 164 Å². The molecule has 0 amide bonds. The molecule has 83 heavy (non-hydrogen) atoms. The Morgan fingerprint density at radius 2 is 0.675 bits per heavy atom. The van der Waals surface area contributed by atoms with Gasteiger partial charge in [-0.3, -0.25) is 9.59 Å². The van der Waals surface area contributed by atoms with Gasteiger partial charge in [0.2, 0.25) is 0 Å². The monoisotopic (exact) mass is 1270 g/mol. The van der Waals surface area contributed by atoms with Gasteiger partial charge in [0, 0.05) is 35.7 Å². The summed E-state index contributed by atoms with van der Waals surface area (Å²) in [5.41, 5.74) is 25.5. The van der Waals surface area contributed by atoms with E-state index in [2.05, 4.69) is 240 Å². The number of carbonyl (C=O) groups excluding carboxylic acids is 2. The highest BCUT2D eigenvalue weighted by Crippen LogP contribution is 2.59. The van der Waals surface area contributed by atoms with Gasteiger partial charge < -0.3 is 5.11 Å². The molecule has 0 fully saturated rings. The second-order valence-electron chi connectivity index (χ2n) is 21.9. The molecule has 0 aliphatic heterocycles. The second kappa shape index (κ2) is 22.2. The zero-order valence-corrected chi connectivity index (χ0v) is 51.1. The third-order valence-corrected chi connectivity index (χ3v) is 18.6. The lowest BCUT2D eigenvalue weighted by atomic mass is 9.66. The van der Waals surface area contributed by atoms with Crippen molar-refractivity contribution in [3.8, 4) is 33.4 Å². The van der Waals surface area contributed by atoms with Crippen molar-refractivity contribution in [1.29, 1.82) is 0 Å². The van der Waals surface area contributed by atoms with Crippen LogP contribution < -0.4 is 0 Å². The smallest absolute Gasteiger partial charge is 0.150 e. The van der Waals surface area contributed by atoms with Crippen LogP contribution in [-0.2, 0) is 16.4 Å². The molecule has 0 heterocycles. The highest BCUT2D eigenvalue weighted by atomic mass is 79.9. The Labute approximate surface area is 511 Å². The van der Waals surface area contributed by atoms with Crippen LogP contribution in [0.25, 0.3) is 39.5 Å². The molecule has 3 nitrogen and oxygen atoms in total. The van der Waals surface area contributed by atoms with Crippen LogP contribution in [0.4, 0.5) is 0 Å². The number of halogens is 3. The average molecular weight is 1270 g/mol. The summed E-state index contributed by atoms with van der Waals surface area (Å²) in [4.78, 5) is 22.2. The molecule has 3 atom stereocenters. The molecule has 1 N–H and O–H groups in total. The number of benzene rings is 11. The van der Waals surface area contributed by atoms with E-state index in [9.17, 15) is 14.7 Å².